The van der Waals surface area contributed by atoms with Gasteiger partial charge in [-0.1, -0.05) is 29.8 Å². The summed E-state index contributed by atoms with van der Waals surface area (Å²) in [4.78, 5) is 21.4. The Morgan fingerprint density at radius 1 is 0.929 bits per heavy atom. The van der Waals surface area contributed by atoms with Crippen LogP contribution in [0.5, 0.6) is 0 Å². The highest BCUT2D eigenvalue weighted by molar-refractivity contribution is 6.30. The molecule has 0 unspecified atom stereocenters. The Bertz CT molecular complexity index is 1170. The molecule has 0 aliphatic heterocycles. The number of aryl methyl sites for hydroxylation is 1. The van der Waals surface area contributed by atoms with Crippen molar-refractivity contribution >= 4 is 45.6 Å². The monoisotopic (exact) mass is 388 g/mol. The number of aromatic nitrogens is 2. The van der Waals surface area contributed by atoms with Crippen molar-refractivity contribution in [2.75, 3.05) is 10.6 Å². The third kappa shape index (κ3) is 3.80. The van der Waals surface area contributed by atoms with Crippen molar-refractivity contribution in [3.8, 4) is 0 Å². The third-order valence-electron chi connectivity index (χ3n) is 4.35. The number of nitrogens with zero attached hydrogens (tertiary/aromatic N) is 2. The van der Waals surface area contributed by atoms with Gasteiger partial charge in [-0.25, -0.2) is 4.98 Å². The van der Waals surface area contributed by atoms with E-state index < -0.39 is 0 Å². The standard InChI is InChI=1S/C22H17ClN4O/c1-14-12-17(23)7-8-18(14)27-22(28)16-9-11-24-20(13-16)26-19-6-2-4-15-5-3-10-25-21(15)19/h2-13H,1H3,(H,24,26)(H,27,28). The lowest BCUT2D eigenvalue weighted by Gasteiger charge is -2.11. The van der Waals surface area contributed by atoms with E-state index in [-0.39, 0.29) is 5.91 Å². The van der Waals surface area contributed by atoms with Crippen LogP contribution in [-0.4, -0.2) is 15.9 Å². The first-order valence-corrected chi connectivity index (χ1v) is 9.12. The molecule has 0 fully saturated rings. The minimum atomic E-state index is -0.216. The van der Waals surface area contributed by atoms with Gasteiger partial charge in [0.25, 0.3) is 5.91 Å². The van der Waals surface area contributed by atoms with Crippen LogP contribution in [0.15, 0.2) is 73.1 Å². The third-order valence-corrected chi connectivity index (χ3v) is 4.59. The van der Waals surface area contributed by atoms with Gasteiger partial charge in [0.1, 0.15) is 5.82 Å². The molecule has 0 bridgehead atoms. The van der Waals surface area contributed by atoms with Crippen molar-refractivity contribution in [2.45, 2.75) is 6.92 Å². The van der Waals surface area contributed by atoms with Gasteiger partial charge >= 0.3 is 0 Å². The van der Waals surface area contributed by atoms with Gasteiger partial charge in [0.05, 0.1) is 11.2 Å². The highest BCUT2D eigenvalue weighted by Gasteiger charge is 2.10. The SMILES string of the molecule is Cc1cc(Cl)ccc1NC(=O)c1ccnc(Nc2cccc3cccnc23)c1. The molecule has 2 aromatic heterocycles. The van der Waals surface area contributed by atoms with Crippen molar-refractivity contribution in [2.24, 2.45) is 0 Å². The Morgan fingerprint density at radius 3 is 2.64 bits per heavy atom. The van der Waals surface area contributed by atoms with Gasteiger partial charge in [-0.2, -0.15) is 0 Å². The molecule has 4 aromatic rings. The lowest BCUT2D eigenvalue weighted by atomic mass is 10.1. The van der Waals surface area contributed by atoms with E-state index >= 15 is 0 Å². The minimum Gasteiger partial charge on any atom is -0.338 e. The number of anilines is 3. The molecule has 2 aromatic carbocycles. The first-order valence-electron chi connectivity index (χ1n) is 8.74. The first-order chi connectivity index (χ1) is 13.6. The van der Waals surface area contributed by atoms with Gasteiger partial charge < -0.3 is 10.6 Å². The van der Waals surface area contributed by atoms with E-state index in [1.165, 1.54) is 0 Å². The number of rotatable bonds is 4. The second-order valence-corrected chi connectivity index (χ2v) is 6.79. The van der Waals surface area contributed by atoms with E-state index in [2.05, 4.69) is 20.6 Å². The van der Waals surface area contributed by atoms with Crippen LogP contribution in [0.3, 0.4) is 0 Å². The fraction of sp³-hybridized carbons (Fsp3) is 0.0455. The molecule has 2 heterocycles. The Kier molecular flexibility index (Phi) is 4.91. The Balaban J connectivity index is 1.58. The van der Waals surface area contributed by atoms with Crippen molar-refractivity contribution in [1.29, 1.82) is 0 Å². The van der Waals surface area contributed by atoms with Crippen molar-refractivity contribution < 1.29 is 4.79 Å². The number of halogens is 1. The van der Waals surface area contributed by atoms with Gasteiger partial charge in [-0.05, 0) is 55.0 Å². The summed E-state index contributed by atoms with van der Waals surface area (Å²) in [7, 11) is 0. The highest BCUT2D eigenvalue weighted by Crippen LogP contribution is 2.24. The summed E-state index contributed by atoms with van der Waals surface area (Å²) in [6.45, 7) is 1.90. The topological polar surface area (TPSA) is 66.9 Å². The van der Waals surface area contributed by atoms with Crippen LogP contribution in [0.2, 0.25) is 5.02 Å². The summed E-state index contributed by atoms with van der Waals surface area (Å²) in [6.07, 6.45) is 3.35. The number of carbonyl (C=O) groups excluding carboxylic acids is 1. The van der Waals surface area contributed by atoms with Gasteiger partial charge in [0, 0.05) is 34.1 Å². The molecule has 28 heavy (non-hydrogen) atoms. The molecule has 0 aliphatic rings. The molecule has 2 N–H and O–H groups in total. The molecule has 5 nitrogen and oxygen atoms in total. The summed E-state index contributed by atoms with van der Waals surface area (Å²) < 4.78 is 0. The zero-order chi connectivity index (χ0) is 19.5. The molecule has 0 spiro atoms. The molecule has 6 heteroatoms. The zero-order valence-corrected chi connectivity index (χ0v) is 15.9. The maximum Gasteiger partial charge on any atom is 0.255 e. The number of fused-ring (bicyclic) bond motifs is 1. The fourth-order valence-electron chi connectivity index (χ4n) is 2.95. The van der Waals surface area contributed by atoms with Crippen molar-refractivity contribution in [3.05, 3.63) is 89.2 Å². The van der Waals surface area contributed by atoms with E-state index in [4.69, 9.17) is 11.6 Å². The molecule has 0 radical (unpaired) electrons. The van der Waals surface area contributed by atoms with E-state index in [9.17, 15) is 4.79 Å². The smallest absolute Gasteiger partial charge is 0.255 e. The van der Waals surface area contributed by atoms with Crippen LogP contribution < -0.4 is 10.6 Å². The highest BCUT2D eigenvalue weighted by atomic mass is 35.5. The number of hydrogen-bond donors (Lipinski definition) is 2. The van der Waals surface area contributed by atoms with E-state index in [1.807, 2.05) is 43.3 Å². The normalized spacial score (nSPS) is 10.6. The average molecular weight is 389 g/mol. The lowest BCUT2D eigenvalue weighted by Crippen LogP contribution is -2.13. The lowest BCUT2D eigenvalue weighted by molar-refractivity contribution is 0.102. The van der Waals surface area contributed by atoms with Gasteiger partial charge in [0.2, 0.25) is 0 Å². The quantitative estimate of drug-likeness (QED) is 0.478. The maximum atomic E-state index is 12.7. The molecule has 0 saturated heterocycles. The summed E-state index contributed by atoms with van der Waals surface area (Å²) >= 11 is 5.98. The van der Waals surface area contributed by atoms with Crippen LogP contribution in [0.1, 0.15) is 15.9 Å². The van der Waals surface area contributed by atoms with Crippen LogP contribution in [0.4, 0.5) is 17.2 Å². The minimum absolute atomic E-state index is 0.216. The van der Waals surface area contributed by atoms with E-state index in [0.29, 0.717) is 16.4 Å². The average Bonchev–Trinajstić information content (AvgIpc) is 2.70. The van der Waals surface area contributed by atoms with Crippen LogP contribution in [0.25, 0.3) is 10.9 Å². The predicted octanol–water partition coefficient (Wildman–Crippen LogP) is 5.59. The van der Waals surface area contributed by atoms with Gasteiger partial charge in [-0.3, -0.25) is 9.78 Å². The van der Waals surface area contributed by atoms with Crippen molar-refractivity contribution in [1.82, 2.24) is 9.97 Å². The Hall–Kier alpha value is -3.44. The van der Waals surface area contributed by atoms with Gasteiger partial charge in [0.15, 0.2) is 0 Å². The number of carbonyl (C=O) groups is 1. The molecule has 0 atom stereocenters. The summed E-state index contributed by atoms with van der Waals surface area (Å²) in [6, 6.07) is 18.5. The fourth-order valence-corrected chi connectivity index (χ4v) is 3.17. The molecular weight excluding hydrogens is 372 g/mol. The summed E-state index contributed by atoms with van der Waals surface area (Å²) in [5, 5.41) is 7.82. The molecule has 0 aliphatic carbocycles. The first kappa shape index (κ1) is 17.9. The van der Waals surface area contributed by atoms with Gasteiger partial charge in [-0.15, -0.1) is 0 Å². The number of para-hydroxylation sites is 1. The second-order valence-electron chi connectivity index (χ2n) is 6.35. The number of nitrogens with one attached hydrogen (secondary N) is 2. The second kappa shape index (κ2) is 7.66. The number of pyridine rings is 2. The summed E-state index contributed by atoms with van der Waals surface area (Å²) in [5.41, 5.74) is 3.80. The molecule has 4 rings (SSSR count). The Morgan fingerprint density at radius 2 is 1.79 bits per heavy atom. The predicted molar refractivity (Wildman–Crippen MR) is 113 cm³/mol. The number of amides is 1. The van der Waals surface area contributed by atoms with Crippen LogP contribution in [0, 0.1) is 6.92 Å². The van der Waals surface area contributed by atoms with Crippen LogP contribution in [-0.2, 0) is 0 Å². The zero-order valence-electron chi connectivity index (χ0n) is 15.1. The Labute approximate surface area is 167 Å². The number of benzene rings is 2. The van der Waals surface area contributed by atoms with Crippen molar-refractivity contribution in [3.63, 3.8) is 0 Å². The largest absolute Gasteiger partial charge is 0.338 e. The molecule has 0 saturated carbocycles. The van der Waals surface area contributed by atoms with E-state index in [1.54, 1.807) is 36.7 Å². The summed E-state index contributed by atoms with van der Waals surface area (Å²) in [5.74, 6) is 0.352. The maximum absolute atomic E-state index is 12.7. The van der Waals surface area contributed by atoms with E-state index in [0.717, 1.165) is 27.8 Å². The number of hydrogen-bond acceptors (Lipinski definition) is 4. The molecule has 1 amide bonds. The molecule has 138 valence electrons. The van der Waals surface area contributed by atoms with Crippen LogP contribution >= 0.6 is 11.6 Å². The molecular formula is C22H17ClN4O.